The number of halogens is 2. The molecule has 0 radical (unpaired) electrons. The highest BCUT2D eigenvalue weighted by molar-refractivity contribution is 9.12. The first-order chi connectivity index (χ1) is 7.45. The van der Waals surface area contributed by atoms with E-state index < -0.39 is 22.2 Å². The standard InChI is InChI=1S/C10H10Br2O4/c1-15-8(13)7-5-6(11)3-4-10(7,12)9(14)16-2/h3-5,7H,1-2H3. The molecule has 0 aromatic carbocycles. The van der Waals surface area contributed by atoms with Gasteiger partial charge in [-0.1, -0.05) is 50.1 Å². The molecule has 0 spiro atoms. The zero-order valence-electron chi connectivity index (χ0n) is 8.70. The van der Waals surface area contributed by atoms with Crippen LogP contribution in [0, 0.1) is 5.92 Å². The minimum Gasteiger partial charge on any atom is -0.469 e. The lowest BCUT2D eigenvalue weighted by molar-refractivity contribution is -0.151. The monoisotopic (exact) mass is 352 g/mol. The number of carbonyl (C=O) groups excluding carboxylic acids is 2. The quantitative estimate of drug-likeness (QED) is 0.562. The largest absolute Gasteiger partial charge is 0.469 e. The van der Waals surface area contributed by atoms with E-state index >= 15 is 0 Å². The minimum absolute atomic E-state index is 0.511. The molecule has 1 aliphatic carbocycles. The van der Waals surface area contributed by atoms with Gasteiger partial charge in [0.25, 0.3) is 0 Å². The molecule has 88 valence electrons. The van der Waals surface area contributed by atoms with Crippen LogP contribution in [0.25, 0.3) is 0 Å². The van der Waals surface area contributed by atoms with Crippen molar-refractivity contribution < 1.29 is 19.1 Å². The van der Waals surface area contributed by atoms with E-state index in [-0.39, 0.29) is 0 Å². The predicted molar refractivity (Wildman–Crippen MR) is 65.3 cm³/mol. The fraction of sp³-hybridized carbons (Fsp3) is 0.400. The summed E-state index contributed by atoms with van der Waals surface area (Å²) in [5.41, 5.74) is 0. The molecule has 0 bridgehead atoms. The van der Waals surface area contributed by atoms with Crippen molar-refractivity contribution in [2.45, 2.75) is 4.32 Å². The van der Waals surface area contributed by atoms with Gasteiger partial charge in [0.1, 0.15) is 5.92 Å². The van der Waals surface area contributed by atoms with Crippen LogP contribution in [0.5, 0.6) is 0 Å². The van der Waals surface area contributed by atoms with E-state index in [2.05, 4.69) is 41.3 Å². The average Bonchev–Trinajstić information content (AvgIpc) is 2.30. The minimum atomic E-state index is -1.20. The summed E-state index contributed by atoms with van der Waals surface area (Å²) in [7, 11) is 2.54. The molecular weight excluding hydrogens is 344 g/mol. The molecule has 0 aliphatic heterocycles. The molecule has 0 N–H and O–H groups in total. The number of carbonyl (C=O) groups is 2. The van der Waals surface area contributed by atoms with Crippen LogP contribution in [-0.4, -0.2) is 30.5 Å². The van der Waals surface area contributed by atoms with Crippen LogP contribution in [0.2, 0.25) is 0 Å². The van der Waals surface area contributed by atoms with Crippen LogP contribution in [0.4, 0.5) is 0 Å². The van der Waals surface area contributed by atoms with E-state index in [1.54, 1.807) is 18.2 Å². The van der Waals surface area contributed by atoms with E-state index in [1.165, 1.54) is 14.2 Å². The Balaban J connectivity index is 3.13. The van der Waals surface area contributed by atoms with Crippen LogP contribution in [0.1, 0.15) is 0 Å². The van der Waals surface area contributed by atoms with Gasteiger partial charge >= 0.3 is 11.9 Å². The first kappa shape index (κ1) is 13.4. The highest BCUT2D eigenvalue weighted by Gasteiger charge is 2.47. The normalized spacial score (nSPS) is 28.2. The molecule has 2 atom stereocenters. The Morgan fingerprint density at radius 3 is 2.50 bits per heavy atom. The lowest BCUT2D eigenvalue weighted by Gasteiger charge is -2.29. The maximum Gasteiger partial charge on any atom is 0.327 e. The SMILES string of the molecule is COC(=O)C1C=C(Br)C=CC1(Br)C(=O)OC. The van der Waals surface area contributed by atoms with E-state index in [4.69, 9.17) is 0 Å². The van der Waals surface area contributed by atoms with Crippen LogP contribution in [0.3, 0.4) is 0 Å². The zero-order valence-corrected chi connectivity index (χ0v) is 11.9. The fourth-order valence-corrected chi connectivity index (χ4v) is 2.37. The number of methoxy groups -OCH3 is 2. The predicted octanol–water partition coefficient (Wildman–Crippen LogP) is 1.93. The molecule has 0 amide bonds. The highest BCUT2D eigenvalue weighted by atomic mass is 79.9. The van der Waals surface area contributed by atoms with Crippen molar-refractivity contribution >= 4 is 43.8 Å². The third-order valence-electron chi connectivity index (χ3n) is 2.22. The van der Waals surface area contributed by atoms with Crippen molar-refractivity contribution in [3.63, 3.8) is 0 Å². The van der Waals surface area contributed by atoms with Gasteiger partial charge in [-0.05, 0) is 0 Å². The summed E-state index contributed by atoms with van der Waals surface area (Å²) >= 11 is 6.47. The molecule has 6 heteroatoms. The summed E-state index contributed by atoms with van der Waals surface area (Å²) in [4.78, 5) is 23.2. The Hall–Kier alpha value is -0.620. The summed E-state index contributed by atoms with van der Waals surface area (Å²) in [6, 6.07) is 0. The lowest BCUT2D eigenvalue weighted by Crippen LogP contribution is -2.44. The smallest absolute Gasteiger partial charge is 0.327 e. The Labute approximate surface area is 110 Å². The second-order valence-corrected chi connectivity index (χ2v) is 5.37. The van der Waals surface area contributed by atoms with Crippen LogP contribution >= 0.6 is 31.9 Å². The fourth-order valence-electron chi connectivity index (χ4n) is 1.36. The second kappa shape index (κ2) is 5.14. The van der Waals surface area contributed by atoms with E-state index in [0.717, 1.165) is 0 Å². The molecule has 0 aromatic rings. The van der Waals surface area contributed by atoms with Gasteiger partial charge in [0.15, 0.2) is 4.32 Å². The second-order valence-electron chi connectivity index (χ2n) is 3.15. The topological polar surface area (TPSA) is 52.6 Å². The number of hydrogen-bond donors (Lipinski definition) is 0. The van der Waals surface area contributed by atoms with E-state index in [1.807, 2.05) is 0 Å². The van der Waals surface area contributed by atoms with Gasteiger partial charge in [0, 0.05) is 4.48 Å². The molecule has 16 heavy (non-hydrogen) atoms. The summed E-state index contributed by atoms with van der Waals surface area (Å²) in [6.45, 7) is 0. The number of ether oxygens (including phenoxy) is 2. The summed E-state index contributed by atoms with van der Waals surface area (Å²) in [5.74, 6) is -1.82. The summed E-state index contributed by atoms with van der Waals surface area (Å²) < 4.78 is 8.82. The number of hydrogen-bond acceptors (Lipinski definition) is 4. The Kier molecular flexibility index (Phi) is 4.32. The number of allylic oxidation sites excluding steroid dienone is 2. The maximum atomic E-state index is 11.7. The number of alkyl halides is 1. The Bertz CT molecular complexity index is 375. The molecule has 0 saturated heterocycles. The van der Waals surface area contributed by atoms with Crippen molar-refractivity contribution in [2.75, 3.05) is 14.2 Å². The molecule has 4 nitrogen and oxygen atoms in total. The first-order valence-corrected chi connectivity index (χ1v) is 5.96. The molecule has 0 heterocycles. The molecule has 2 unspecified atom stereocenters. The Morgan fingerprint density at radius 1 is 1.38 bits per heavy atom. The maximum absolute atomic E-state index is 11.7. The summed E-state index contributed by atoms with van der Waals surface area (Å²) in [6.07, 6.45) is 4.83. The van der Waals surface area contributed by atoms with Gasteiger partial charge in [0.2, 0.25) is 0 Å². The molecule has 0 fully saturated rings. The van der Waals surface area contributed by atoms with Crippen LogP contribution in [0.15, 0.2) is 22.7 Å². The zero-order chi connectivity index (χ0) is 12.3. The van der Waals surface area contributed by atoms with Crippen LogP contribution < -0.4 is 0 Å². The lowest BCUT2D eigenvalue weighted by atomic mass is 9.88. The Morgan fingerprint density at radius 2 is 2.00 bits per heavy atom. The highest BCUT2D eigenvalue weighted by Crippen LogP contribution is 2.38. The van der Waals surface area contributed by atoms with Gasteiger partial charge in [0.05, 0.1) is 14.2 Å². The molecule has 1 aliphatic rings. The van der Waals surface area contributed by atoms with Gasteiger partial charge in [-0.2, -0.15) is 0 Å². The van der Waals surface area contributed by atoms with Crippen molar-refractivity contribution in [2.24, 2.45) is 5.92 Å². The molecule has 0 aromatic heterocycles. The summed E-state index contributed by atoms with van der Waals surface area (Å²) in [5, 5.41) is 0. The number of rotatable bonds is 2. The number of esters is 2. The molecule has 0 saturated carbocycles. The molecular formula is C10H10Br2O4. The van der Waals surface area contributed by atoms with Gasteiger partial charge in [-0.25, -0.2) is 0 Å². The van der Waals surface area contributed by atoms with Crippen LogP contribution in [-0.2, 0) is 19.1 Å². The first-order valence-electron chi connectivity index (χ1n) is 4.37. The van der Waals surface area contributed by atoms with Gasteiger partial charge in [-0.15, -0.1) is 0 Å². The van der Waals surface area contributed by atoms with E-state index in [9.17, 15) is 9.59 Å². The van der Waals surface area contributed by atoms with Crippen molar-refractivity contribution in [3.8, 4) is 0 Å². The molecule has 1 rings (SSSR count). The van der Waals surface area contributed by atoms with Crippen molar-refractivity contribution in [1.29, 1.82) is 0 Å². The van der Waals surface area contributed by atoms with Gasteiger partial charge in [-0.3, -0.25) is 9.59 Å². The third kappa shape index (κ3) is 2.38. The van der Waals surface area contributed by atoms with E-state index in [0.29, 0.717) is 4.48 Å². The average molecular weight is 354 g/mol. The van der Waals surface area contributed by atoms with Crippen molar-refractivity contribution in [1.82, 2.24) is 0 Å². The third-order valence-corrected chi connectivity index (χ3v) is 3.83. The van der Waals surface area contributed by atoms with Crippen molar-refractivity contribution in [3.05, 3.63) is 22.7 Å². The van der Waals surface area contributed by atoms with Gasteiger partial charge < -0.3 is 9.47 Å².